The van der Waals surface area contributed by atoms with E-state index in [1.807, 2.05) is 38.2 Å². The molecule has 0 saturated heterocycles. The van der Waals surface area contributed by atoms with Crippen LogP contribution in [0.3, 0.4) is 0 Å². The zero-order chi connectivity index (χ0) is 13.1. The first-order chi connectivity index (χ1) is 8.61. The first-order valence-corrected chi connectivity index (χ1v) is 6.30. The van der Waals surface area contributed by atoms with E-state index in [0.29, 0.717) is 0 Å². The summed E-state index contributed by atoms with van der Waals surface area (Å²) in [5.41, 5.74) is 1.33. The lowest BCUT2D eigenvalue weighted by Crippen LogP contribution is -2.07. The van der Waals surface area contributed by atoms with Gasteiger partial charge < -0.3 is 9.67 Å². The quantitative estimate of drug-likeness (QED) is 0.832. The molecule has 0 aliphatic carbocycles. The summed E-state index contributed by atoms with van der Waals surface area (Å²) in [6, 6.07) is 9.26. The largest absolute Gasteiger partial charge is 0.503 e. The van der Waals surface area contributed by atoms with Crippen molar-refractivity contribution in [2.75, 3.05) is 7.05 Å². The highest BCUT2D eigenvalue weighted by Crippen LogP contribution is 2.18. The summed E-state index contributed by atoms with van der Waals surface area (Å²) < 4.78 is 4.78. The molecule has 0 atom stereocenters. The van der Waals surface area contributed by atoms with Gasteiger partial charge in [-0.3, -0.25) is 9.52 Å². The summed E-state index contributed by atoms with van der Waals surface area (Å²) in [6.07, 6.45) is 1.44. The predicted molar refractivity (Wildman–Crippen MR) is 73.4 cm³/mol. The third-order valence-corrected chi connectivity index (χ3v) is 3.27. The summed E-state index contributed by atoms with van der Waals surface area (Å²) in [7, 11) is 1.86. The van der Waals surface area contributed by atoms with Crippen molar-refractivity contribution in [3.8, 4) is 11.4 Å². The van der Waals surface area contributed by atoms with E-state index in [0.717, 1.165) is 16.3 Å². The first kappa shape index (κ1) is 12.7. The predicted octanol–water partition coefficient (Wildman–Crippen LogP) is 2.08. The van der Waals surface area contributed by atoms with Crippen LogP contribution >= 0.6 is 11.9 Å². The number of aromatic nitrogens is 1. The zero-order valence-electron chi connectivity index (χ0n) is 10.2. The lowest BCUT2D eigenvalue weighted by Gasteiger charge is -2.11. The molecule has 0 unspecified atom stereocenters. The molecular formula is C13H14N2O2S. The molecule has 0 fully saturated rings. The van der Waals surface area contributed by atoms with Crippen LogP contribution in [0, 0.1) is 6.92 Å². The van der Waals surface area contributed by atoms with Crippen LogP contribution in [-0.4, -0.2) is 16.7 Å². The summed E-state index contributed by atoms with van der Waals surface area (Å²) in [6.45, 7) is 1.83. The number of benzene rings is 1. The Labute approximate surface area is 109 Å². The third kappa shape index (κ3) is 2.57. The molecule has 2 rings (SSSR count). The highest BCUT2D eigenvalue weighted by atomic mass is 32.2. The van der Waals surface area contributed by atoms with Gasteiger partial charge in [0.2, 0.25) is 5.43 Å². The molecule has 0 spiro atoms. The highest BCUT2D eigenvalue weighted by Gasteiger charge is 2.04. The second kappa shape index (κ2) is 5.29. The number of rotatable bonds is 3. The van der Waals surface area contributed by atoms with E-state index in [4.69, 9.17) is 0 Å². The molecule has 0 aliphatic heterocycles. The van der Waals surface area contributed by atoms with Crippen molar-refractivity contribution >= 4 is 11.9 Å². The number of aryl methyl sites for hydroxylation is 1. The molecular weight excluding hydrogens is 248 g/mol. The topological polar surface area (TPSA) is 54.3 Å². The highest BCUT2D eigenvalue weighted by molar-refractivity contribution is 7.97. The Hall–Kier alpha value is -1.72. The van der Waals surface area contributed by atoms with Gasteiger partial charge >= 0.3 is 0 Å². The van der Waals surface area contributed by atoms with Crippen LogP contribution in [0.2, 0.25) is 0 Å². The van der Waals surface area contributed by atoms with Gasteiger partial charge in [0.1, 0.15) is 0 Å². The standard InChI is InChI=1S/C13H14N2O2S/c1-9-7-12(16)13(17)8-15(9)10-3-5-11(6-4-10)18-14-2/h3-8,14,17H,1-2H3. The fraction of sp³-hybridized carbons (Fsp3) is 0.154. The van der Waals surface area contributed by atoms with Crippen molar-refractivity contribution in [3.63, 3.8) is 0 Å². The van der Waals surface area contributed by atoms with Gasteiger partial charge in [0, 0.05) is 22.3 Å². The molecule has 4 nitrogen and oxygen atoms in total. The van der Waals surface area contributed by atoms with E-state index in [9.17, 15) is 9.90 Å². The van der Waals surface area contributed by atoms with Crippen LogP contribution in [0.15, 0.2) is 46.2 Å². The normalized spacial score (nSPS) is 10.6. The summed E-state index contributed by atoms with van der Waals surface area (Å²) in [5.74, 6) is -0.241. The van der Waals surface area contributed by atoms with E-state index in [2.05, 4.69) is 4.72 Å². The Bertz CT molecular complexity index is 605. The second-order valence-electron chi connectivity index (χ2n) is 3.83. The molecule has 0 amide bonds. The van der Waals surface area contributed by atoms with Crippen molar-refractivity contribution in [2.45, 2.75) is 11.8 Å². The first-order valence-electron chi connectivity index (χ1n) is 5.48. The number of aromatic hydroxyl groups is 1. The summed E-state index contributed by atoms with van der Waals surface area (Å²) in [5, 5.41) is 9.48. The lowest BCUT2D eigenvalue weighted by molar-refractivity contribution is 0.465. The molecule has 2 aromatic rings. The monoisotopic (exact) mass is 262 g/mol. The van der Waals surface area contributed by atoms with Gasteiger partial charge in [0.15, 0.2) is 5.75 Å². The van der Waals surface area contributed by atoms with Crippen molar-refractivity contribution in [1.82, 2.24) is 9.29 Å². The summed E-state index contributed by atoms with van der Waals surface area (Å²) >= 11 is 1.53. The van der Waals surface area contributed by atoms with Crippen LogP contribution in [-0.2, 0) is 0 Å². The molecule has 1 heterocycles. The maximum Gasteiger partial charge on any atom is 0.223 e. The Morgan fingerprint density at radius 3 is 2.56 bits per heavy atom. The summed E-state index contributed by atoms with van der Waals surface area (Å²) in [4.78, 5) is 12.4. The van der Waals surface area contributed by atoms with Crippen molar-refractivity contribution in [1.29, 1.82) is 0 Å². The molecule has 94 valence electrons. The SMILES string of the molecule is CNSc1ccc(-n2cc(O)c(=O)cc2C)cc1. The van der Waals surface area contributed by atoms with E-state index < -0.39 is 0 Å². The van der Waals surface area contributed by atoms with E-state index in [1.165, 1.54) is 24.2 Å². The van der Waals surface area contributed by atoms with Crippen molar-refractivity contribution in [3.05, 3.63) is 52.4 Å². The smallest absolute Gasteiger partial charge is 0.223 e. The van der Waals surface area contributed by atoms with Gasteiger partial charge in [-0.05, 0) is 50.2 Å². The molecule has 5 heteroatoms. The number of nitrogens with one attached hydrogen (secondary N) is 1. The Balaban J connectivity index is 2.42. The van der Waals surface area contributed by atoms with Crippen LogP contribution in [0.1, 0.15) is 5.69 Å². The Morgan fingerprint density at radius 2 is 1.94 bits per heavy atom. The Kier molecular flexibility index (Phi) is 3.74. The van der Waals surface area contributed by atoms with Crippen LogP contribution in [0.5, 0.6) is 5.75 Å². The number of hydrogen-bond donors (Lipinski definition) is 2. The maximum absolute atomic E-state index is 11.3. The van der Waals surface area contributed by atoms with Gasteiger partial charge in [0.05, 0.1) is 6.20 Å². The fourth-order valence-electron chi connectivity index (χ4n) is 1.69. The molecule has 1 aromatic heterocycles. The van der Waals surface area contributed by atoms with E-state index in [-0.39, 0.29) is 11.2 Å². The molecule has 0 aliphatic rings. The maximum atomic E-state index is 11.3. The minimum absolute atomic E-state index is 0.241. The zero-order valence-corrected chi connectivity index (χ0v) is 11.0. The molecule has 0 radical (unpaired) electrons. The Morgan fingerprint density at radius 1 is 1.28 bits per heavy atom. The number of nitrogens with zero attached hydrogens (tertiary/aromatic N) is 1. The molecule has 1 aromatic carbocycles. The lowest BCUT2D eigenvalue weighted by atomic mass is 10.2. The number of pyridine rings is 1. The average molecular weight is 262 g/mol. The van der Waals surface area contributed by atoms with Crippen molar-refractivity contribution in [2.24, 2.45) is 0 Å². The fourth-order valence-corrected chi connectivity index (χ4v) is 2.20. The van der Waals surface area contributed by atoms with Gasteiger partial charge in [0.25, 0.3) is 0 Å². The van der Waals surface area contributed by atoms with Gasteiger partial charge in [-0.25, -0.2) is 0 Å². The van der Waals surface area contributed by atoms with Crippen LogP contribution in [0.4, 0.5) is 0 Å². The van der Waals surface area contributed by atoms with Crippen LogP contribution < -0.4 is 10.2 Å². The van der Waals surface area contributed by atoms with Gasteiger partial charge in [-0.15, -0.1) is 0 Å². The third-order valence-electron chi connectivity index (χ3n) is 2.56. The molecule has 18 heavy (non-hydrogen) atoms. The second-order valence-corrected chi connectivity index (χ2v) is 4.92. The molecule has 2 N–H and O–H groups in total. The van der Waals surface area contributed by atoms with E-state index >= 15 is 0 Å². The van der Waals surface area contributed by atoms with Gasteiger partial charge in [-0.1, -0.05) is 0 Å². The average Bonchev–Trinajstić information content (AvgIpc) is 2.35. The molecule has 0 bridgehead atoms. The molecule has 0 saturated carbocycles. The van der Waals surface area contributed by atoms with Crippen molar-refractivity contribution < 1.29 is 5.11 Å². The minimum Gasteiger partial charge on any atom is -0.503 e. The van der Waals surface area contributed by atoms with E-state index in [1.54, 1.807) is 4.57 Å². The number of hydrogen-bond acceptors (Lipinski definition) is 4. The minimum atomic E-state index is -0.355. The van der Waals surface area contributed by atoms with Crippen LogP contribution in [0.25, 0.3) is 5.69 Å². The van der Waals surface area contributed by atoms with Gasteiger partial charge in [-0.2, -0.15) is 0 Å².